The van der Waals surface area contributed by atoms with Crippen LogP contribution in [0.15, 0.2) is 18.2 Å². The van der Waals surface area contributed by atoms with Crippen molar-refractivity contribution < 1.29 is 14.6 Å². The molecule has 0 bridgehead atoms. The summed E-state index contributed by atoms with van der Waals surface area (Å²) in [5.74, 6) is -0.584. The molecule has 0 heterocycles. The second-order valence-corrected chi connectivity index (χ2v) is 3.70. The molecule has 16 heavy (non-hydrogen) atoms. The molecule has 1 atom stereocenters. The molecular formula is C13H18O3. The van der Waals surface area contributed by atoms with Gasteiger partial charge in [-0.3, -0.25) is 0 Å². The number of carbonyl (C=O) groups excluding carboxylic acids is 1. The van der Waals surface area contributed by atoms with E-state index in [1.165, 1.54) is 0 Å². The van der Waals surface area contributed by atoms with Crippen LogP contribution in [-0.4, -0.2) is 17.7 Å². The van der Waals surface area contributed by atoms with Crippen LogP contribution < -0.4 is 0 Å². The smallest absolute Gasteiger partial charge is 0.339 e. The first-order valence-corrected chi connectivity index (χ1v) is 5.54. The first-order valence-electron chi connectivity index (χ1n) is 5.54. The lowest BCUT2D eigenvalue weighted by molar-refractivity contribution is -0.153. The Hall–Kier alpha value is -1.35. The van der Waals surface area contributed by atoms with Crippen molar-refractivity contribution in [1.82, 2.24) is 0 Å². The van der Waals surface area contributed by atoms with Crippen LogP contribution in [0.4, 0.5) is 0 Å². The zero-order valence-corrected chi connectivity index (χ0v) is 9.99. The molecular weight excluding hydrogens is 204 g/mol. The largest absolute Gasteiger partial charge is 0.464 e. The SMILES string of the molecule is CCOC(=O)C(O)c1cc(CC)ccc1C. The van der Waals surface area contributed by atoms with Crippen LogP contribution >= 0.6 is 0 Å². The number of esters is 1. The molecule has 1 aromatic carbocycles. The van der Waals surface area contributed by atoms with Gasteiger partial charge in [0, 0.05) is 0 Å². The second kappa shape index (κ2) is 5.66. The highest BCUT2D eigenvalue weighted by Crippen LogP contribution is 2.20. The number of aryl methyl sites for hydroxylation is 2. The Morgan fingerprint density at radius 3 is 2.69 bits per heavy atom. The Bertz CT molecular complexity index is 371. The quantitative estimate of drug-likeness (QED) is 0.794. The summed E-state index contributed by atoms with van der Waals surface area (Å²) in [6.45, 7) is 5.91. The predicted octanol–water partition coefficient (Wildman–Crippen LogP) is 2.15. The number of rotatable bonds is 4. The minimum absolute atomic E-state index is 0.280. The summed E-state index contributed by atoms with van der Waals surface area (Å²) in [6.07, 6.45) is -0.297. The fourth-order valence-electron chi connectivity index (χ4n) is 1.55. The van der Waals surface area contributed by atoms with Crippen molar-refractivity contribution in [2.24, 2.45) is 0 Å². The molecule has 88 valence electrons. The lowest BCUT2D eigenvalue weighted by atomic mass is 9.99. The van der Waals surface area contributed by atoms with Crippen LogP contribution in [0.2, 0.25) is 0 Å². The zero-order chi connectivity index (χ0) is 12.1. The molecule has 1 unspecified atom stereocenters. The molecule has 0 fully saturated rings. The number of hydrogen-bond acceptors (Lipinski definition) is 3. The summed E-state index contributed by atoms with van der Waals surface area (Å²) in [4.78, 5) is 11.4. The van der Waals surface area contributed by atoms with Crippen LogP contribution in [-0.2, 0) is 16.0 Å². The normalized spacial score (nSPS) is 12.2. The number of benzene rings is 1. The average molecular weight is 222 g/mol. The molecule has 1 N–H and O–H groups in total. The van der Waals surface area contributed by atoms with Crippen LogP contribution in [0.3, 0.4) is 0 Å². The Labute approximate surface area is 96.1 Å². The fraction of sp³-hybridized carbons (Fsp3) is 0.462. The van der Waals surface area contributed by atoms with E-state index in [2.05, 4.69) is 0 Å². The van der Waals surface area contributed by atoms with Gasteiger partial charge in [-0.15, -0.1) is 0 Å². The van der Waals surface area contributed by atoms with E-state index in [0.717, 1.165) is 17.5 Å². The molecule has 0 saturated carbocycles. The van der Waals surface area contributed by atoms with Gasteiger partial charge in [0.15, 0.2) is 6.10 Å². The Balaban J connectivity index is 2.97. The molecule has 1 aromatic rings. The number of ether oxygens (including phenoxy) is 1. The maximum absolute atomic E-state index is 11.4. The molecule has 0 radical (unpaired) electrons. The van der Waals surface area contributed by atoms with E-state index in [1.807, 2.05) is 32.0 Å². The van der Waals surface area contributed by atoms with E-state index in [-0.39, 0.29) is 6.61 Å². The van der Waals surface area contributed by atoms with Crippen LogP contribution in [0, 0.1) is 6.92 Å². The van der Waals surface area contributed by atoms with Crippen LogP contribution in [0.1, 0.15) is 36.6 Å². The van der Waals surface area contributed by atoms with Crippen molar-refractivity contribution in [2.75, 3.05) is 6.61 Å². The third-order valence-electron chi connectivity index (χ3n) is 2.56. The predicted molar refractivity (Wildman–Crippen MR) is 62.1 cm³/mol. The molecule has 0 spiro atoms. The maximum Gasteiger partial charge on any atom is 0.339 e. The molecule has 0 aliphatic heterocycles. The van der Waals surface area contributed by atoms with Gasteiger partial charge in [0.25, 0.3) is 0 Å². The zero-order valence-electron chi connectivity index (χ0n) is 9.99. The average Bonchev–Trinajstić information content (AvgIpc) is 2.29. The highest BCUT2D eigenvalue weighted by atomic mass is 16.5. The lowest BCUT2D eigenvalue weighted by Crippen LogP contribution is -2.16. The molecule has 1 rings (SSSR count). The first kappa shape index (κ1) is 12.7. The van der Waals surface area contributed by atoms with E-state index in [4.69, 9.17) is 4.74 Å². The maximum atomic E-state index is 11.4. The standard InChI is InChI=1S/C13H18O3/c1-4-10-7-6-9(3)11(8-10)12(14)13(15)16-5-2/h6-8,12,14H,4-5H2,1-3H3. The fourth-order valence-corrected chi connectivity index (χ4v) is 1.55. The number of hydrogen-bond donors (Lipinski definition) is 1. The van der Waals surface area contributed by atoms with Gasteiger partial charge in [-0.1, -0.05) is 25.1 Å². The number of aliphatic hydroxyl groups is 1. The molecule has 0 aliphatic carbocycles. The van der Waals surface area contributed by atoms with Crippen molar-refractivity contribution >= 4 is 5.97 Å². The Morgan fingerprint density at radius 2 is 2.12 bits per heavy atom. The molecule has 3 nitrogen and oxygen atoms in total. The van der Waals surface area contributed by atoms with E-state index >= 15 is 0 Å². The van der Waals surface area contributed by atoms with Gasteiger partial charge in [0.2, 0.25) is 0 Å². The highest BCUT2D eigenvalue weighted by Gasteiger charge is 2.20. The summed E-state index contributed by atoms with van der Waals surface area (Å²) in [7, 11) is 0. The molecule has 0 aliphatic rings. The highest BCUT2D eigenvalue weighted by molar-refractivity contribution is 5.76. The molecule has 0 saturated heterocycles. The minimum atomic E-state index is -1.17. The van der Waals surface area contributed by atoms with Gasteiger partial charge < -0.3 is 9.84 Å². The van der Waals surface area contributed by atoms with Gasteiger partial charge in [-0.2, -0.15) is 0 Å². The summed E-state index contributed by atoms with van der Waals surface area (Å²) in [5.41, 5.74) is 2.64. The monoisotopic (exact) mass is 222 g/mol. The Morgan fingerprint density at radius 1 is 1.44 bits per heavy atom. The Kier molecular flexibility index (Phi) is 4.50. The van der Waals surface area contributed by atoms with E-state index in [9.17, 15) is 9.90 Å². The van der Waals surface area contributed by atoms with Crippen molar-refractivity contribution in [3.63, 3.8) is 0 Å². The number of carbonyl (C=O) groups is 1. The molecule has 0 aromatic heterocycles. The summed E-state index contributed by atoms with van der Waals surface area (Å²) < 4.78 is 4.80. The second-order valence-electron chi connectivity index (χ2n) is 3.70. The van der Waals surface area contributed by atoms with Crippen molar-refractivity contribution in [2.45, 2.75) is 33.3 Å². The first-order chi connectivity index (χ1) is 7.60. The summed E-state index contributed by atoms with van der Waals surface area (Å²) in [5, 5.41) is 9.85. The van der Waals surface area contributed by atoms with Gasteiger partial charge in [0.1, 0.15) is 0 Å². The van der Waals surface area contributed by atoms with Crippen LogP contribution in [0.25, 0.3) is 0 Å². The lowest BCUT2D eigenvalue weighted by Gasteiger charge is -2.13. The van der Waals surface area contributed by atoms with Gasteiger partial charge >= 0.3 is 5.97 Å². The van der Waals surface area contributed by atoms with Crippen molar-refractivity contribution in [3.8, 4) is 0 Å². The van der Waals surface area contributed by atoms with E-state index in [0.29, 0.717) is 5.56 Å². The van der Waals surface area contributed by atoms with Gasteiger partial charge in [0.05, 0.1) is 6.61 Å². The van der Waals surface area contributed by atoms with Gasteiger partial charge in [-0.05, 0) is 37.0 Å². The minimum Gasteiger partial charge on any atom is -0.464 e. The van der Waals surface area contributed by atoms with E-state index < -0.39 is 12.1 Å². The van der Waals surface area contributed by atoms with Gasteiger partial charge in [-0.25, -0.2) is 4.79 Å². The third-order valence-corrected chi connectivity index (χ3v) is 2.56. The van der Waals surface area contributed by atoms with Crippen molar-refractivity contribution in [1.29, 1.82) is 0 Å². The van der Waals surface area contributed by atoms with Crippen LogP contribution in [0.5, 0.6) is 0 Å². The third kappa shape index (κ3) is 2.83. The summed E-state index contributed by atoms with van der Waals surface area (Å²) >= 11 is 0. The topological polar surface area (TPSA) is 46.5 Å². The molecule has 0 amide bonds. The number of aliphatic hydroxyl groups excluding tert-OH is 1. The summed E-state index contributed by atoms with van der Waals surface area (Å²) in [6, 6.07) is 5.77. The van der Waals surface area contributed by atoms with E-state index in [1.54, 1.807) is 6.92 Å². The van der Waals surface area contributed by atoms with Crippen molar-refractivity contribution in [3.05, 3.63) is 34.9 Å². The molecule has 3 heteroatoms.